The van der Waals surface area contributed by atoms with Crippen molar-refractivity contribution in [3.05, 3.63) is 0 Å². The lowest BCUT2D eigenvalue weighted by molar-refractivity contribution is 0.0256. The van der Waals surface area contributed by atoms with Crippen molar-refractivity contribution in [2.24, 2.45) is 0 Å². The zero-order valence-corrected chi connectivity index (χ0v) is 12.4. The van der Waals surface area contributed by atoms with E-state index >= 15 is 0 Å². The molecule has 0 unspecified atom stereocenters. The maximum absolute atomic E-state index is 12.0. The summed E-state index contributed by atoms with van der Waals surface area (Å²) in [6, 6.07) is 0.388. The number of halogens is 1. The highest BCUT2D eigenvalue weighted by Crippen LogP contribution is 2.15. The molecule has 0 saturated carbocycles. The molecule has 0 spiro atoms. The van der Waals surface area contributed by atoms with Crippen LogP contribution in [0.1, 0.15) is 46.5 Å². The number of carbonyl (C=O) groups excluding carboxylic acids is 1. The minimum atomic E-state index is -0.442. The third-order valence-electron chi connectivity index (χ3n) is 3.12. The number of hydrogen-bond donors (Lipinski definition) is 1. The van der Waals surface area contributed by atoms with E-state index in [2.05, 4.69) is 5.32 Å². The van der Waals surface area contributed by atoms with E-state index < -0.39 is 5.60 Å². The van der Waals surface area contributed by atoms with Crippen molar-refractivity contribution in [2.75, 3.05) is 26.3 Å². The highest BCUT2D eigenvalue weighted by Gasteiger charge is 2.24. The Kier molecular flexibility index (Phi) is 6.55. The van der Waals surface area contributed by atoms with Crippen molar-refractivity contribution < 1.29 is 13.9 Å². The summed E-state index contributed by atoms with van der Waals surface area (Å²) in [6.45, 7) is 7.54. The topological polar surface area (TPSA) is 41.6 Å². The molecular weight excluding hydrogens is 247 g/mol. The highest BCUT2D eigenvalue weighted by molar-refractivity contribution is 5.68. The van der Waals surface area contributed by atoms with Crippen LogP contribution < -0.4 is 5.32 Å². The second kappa shape index (κ2) is 7.68. The number of carbonyl (C=O) groups is 1. The Labute approximate surface area is 115 Å². The number of likely N-dealkylation sites (tertiary alicyclic amines) is 1. The summed E-state index contributed by atoms with van der Waals surface area (Å²) in [5, 5.41) is 3.35. The second-order valence-electron chi connectivity index (χ2n) is 6.09. The number of hydrogen-bond acceptors (Lipinski definition) is 3. The van der Waals surface area contributed by atoms with Gasteiger partial charge >= 0.3 is 6.09 Å². The Morgan fingerprint density at radius 3 is 2.74 bits per heavy atom. The molecule has 1 saturated heterocycles. The fraction of sp³-hybridized carbons (Fsp3) is 0.929. The lowest BCUT2D eigenvalue weighted by Gasteiger charge is -2.26. The van der Waals surface area contributed by atoms with E-state index in [1.54, 1.807) is 4.90 Å². The zero-order valence-electron chi connectivity index (χ0n) is 12.4. The van der Waals surface area contributed by atoms with Crippen molar-refractivity contribution in [2.45, 2.75) is 58.1 Å². The Morgan fingerprint density at radius 2 is 2.11 bits per heavy atom. The molecule has 0 aromatic heterocycles. The van der Waals surface area contributed by atoms with Crippen LogP contribution in [0.15, 0.2) is 0 Å². The van der Waals surface area contributed by atoms with Crippen LogP contribution in [0.4, 0.5) is 9.18 Å². The molecule has 0 aromatic carbocycles. The fourth-order valence-electron chi connectivity index (χ4n) is 2.18. The van der Waals surface area contributed by atoms with Gasteiger partial charge in [0, 0.05) is 19.1 Å². The molecule has 1 N–H and O–H groups in total. The monoisotopic (exact) mass is 274 g/mol. The van der Waals surface area contributed by atoms with Gasteiger partial charge in [0.15, 0.2) is 0 Å². The minimum absolute atomic E-state index is 0.225. The number of alkyl halides is 1. The lowest BCUT2D eigenvalue weighted by atomic mass is 10.1. The molecule has 0 aliphatic carbocycles. The van der Waals surface area contributed by atoms with E-state index in [1.807, 2.05) is 20.8 Å². The summed E-state index contributed by atoms with van der Waals surface area (Å²) < 4.78 is 17.4. The van der Waals surface area contributed by atoms with E-state index in [0.717, 1.165) is 25.8 Å². The Morgan fingerprint density at radius 1 is 1.37 bits per heavy atom. The summed E-state index contributed by atoms with van der Waals surface area (Å²) in [5.74, 6) is 0. The van der Waals surface area contributed by atoms with Crippen LogP contribution in [0.2, 0.25) is 0 Å². The van der Waals surface area contributed by atoms with Crippen LogP contribution in [0.5, 0.6) is 0 Å². The predicted molar refractivity (Wildman–Crippen MR) is 74.0 cm³/mol. The van der Waals surface area contributed by atoms with Gasteiger partial charge in [-0.25, -0.2) is 4.79 Å². The molecule has 112 valence electrons. The molecular formula is C14H27FN2O2. The summed E-state index contributed by atoms with van der Waals surface area (Å²) in [5.41, 5.74) is -0.442. The van der Waals surface area contributed by atoms with Crippen molar-refractivity contribution in [3.63, 3.8) is 0 Å². The average Bonchev–Trinajstić information content (AvgIpc) is 2.53. The van der Waals surface area contributed by atoms with Gasteiger partial charge in [-0.1, -0.05) is 0 Å². The number of rotatable bonds is 4. The first kappa shape index (κ1) is 16.2. The van der Waals surface area contributed by atoms with Crippen molar-refractivity contribution in [1.82, 2.24) is 10.2 Å². The van der Waals surface area contributed by atoms with Crippen LogP contribution in [-0.2, 0) is 4.74 Å². The van der Waals surface area contributed by atoms with Gasteiger partial charge in [-0.15, -0.1) is 0 Å². The molecule has 0 radical (unpaired) electrons. The van der Waals surface area contributed by atoms with E-state index in [9.17, 15) is 9.18 Å². The number of ether oxygens (including phenoxy) is 1. The molecule has 1 atom stereocenters. The van der Waals surface area contributed by atoms with Crippen LogP contribution in [0.25, 0.3) is 0 Å². The standard InChI is InChI=1S/C14H27FN2O2/c1-14(2,3)19-13(18)17-10-4-6-12(7-11-17)16-9-5-8-15/h12,16H,4-11H2,1-3H3/t12-/m0/s1. The molecule has 5 heteroatoms. The van der Waals surface area contributed by atoms with E-state index in [-0.39, 0.29) is 12.8 Å². The number of amides is 1. The third-order valence-corrected chi connectivity index (χ3v) is 3.12. The van der Waals surface area contributed by atoms with Crippen molar-refractivity contribution >= 4 is 6.09 Å². The molecule has 1 rings (SSSR count). The molecule has 19 heavy (non-hydrogen) atoms. The molecule has 0 bridgehead atoms. The van der Waals surface area contributed by atoms with Crippen LogP contribution in [0, 0.1) is 0 Å². The molecule has 1 fully saturated rings. The lowest BCUT2D eigenvalue weighted by Crippen LogP contribution is -2.38. The average molecular weight is 274 g/mol. The third kappa shape index (κ3) is 6.76. The van der Waals surface area contributed by atoms with Gasteiger partial charge in [0.25, 0.3) is 0 Å². The smallest absolute Gasteiger partial charge is 0.410 e. The van der Waals surface area contributed by atoms with Crippen molar-refractivity contribution in [3.8, 4) is 0 Å². The largest absolute Gasteiger partial charge is 0.444 e. The molecule has 1 amide bonds. The second-order valence-corrected chi connectivity index (χ2v) is 6.09. The SMILES string of the molecule is CC(C)(C)OC(=O)N1CCC[C@H](NCCCF)CC1. The first-order valence-electron chi connectivity index (χ1n) is 7.19. The predicted octanol–water partition coefficient (Wildman–Crippen LogP) is 2.73. The maximum atomic E-state index is 12.0. The maximum Gasteiger partial charge on any atom is 0.410 e. The van der Waals surface area contributed by atoms with E-state index in [1.165, 1.54) is 0 Å². The highest BCUT2D eigenvalue weighted by atomic mass is 19.1. The summed E-state index contributed by atoms with van der Waals surface area (Å²) in [4.78, 5) is 13.7. The van der Waals surface area contributed by atoms with Gasteiger partial charge in [-0.05, 0) is 53.0 Å². The van der Waals surface area contributed by atoms with E-state index in [4.69, 9.17) is 4.74 Å². The first-order valence-corrected chi connectivity index (χ1v) is 7.19. The van der Waals surface area contributed by atoms with Crippen LogP contribution in [0.3, 0.4) is 0 Å². The van der Waals surface area contributed by atoms with Crippen LogP contribution >= 0.6 is 0 Å². The summed E-state index contributed by atoms with van der Waals surface area (Å²) in [7, 11) is 0. The van der Waals surface area contributed by atoms with Gasteiger partial charge < -0.3 is 15.0 Å². The first-order chi connectivity index (χ1) is 8.92. The van der Waals surface area contributed by atoms with Gasteiger partial charge in [0.2, 0.25) is 0 Å². The molecule has 1 aliphatic rings. The Bertz CT molecular complexity index is 279. The van der Waals surface area contributed by atoms with E-state index in [0.29, 0.717) is 25.6 Å². The molecule has 1 aliphatic heterocycles. The summed E-state index contributed by atoms with van der Waals surface area (Å²) in [6.07, 6.45) is 3.24. The van der Waals surface area contributed by atoms with Gasteiger partial charge in [-0.2, -0.15) is 0 Å². The Hall–Kier alpha value is -0.840. The summed E-state index contributed by atoms with van der Waals surface area (Å²) >= 11 is 0. The zero-order chi connectivity index (χ0) is 14.3. The van der Waals surface area contributed by atoms with Gasteiger partial charge in [-0.3, -0.25) is 4.39 Å². The quantitative estimate of drug-likeness (QED) is 0.801. The number of nitrogens with one attached hydrogen (secondary N) is 1. The number of nitrogens with zero attached hydrogens (tertiary/aromatic N) is 1. The van der Waals surface area contributed by atoms with Crippen LogP contribution in [-0.4, -0.2) is 48.9 Å². The fourth-order valence-corrected chi connectivity index (χ4v) is 2.18. The minimum Gasteiger partial charge on any atom is -0.444 e. The van der Waals surface area contributed by atoms with Crippen molar-refractivity contribution in [1.29, 1.82) is 0 Å². The van der Waals surface area contributed by atoms with Gasteiger partial charge in [0.1, 0.15) is 5.60 Å². The molecule has 4 nitrogen and oxygen atoms in total. The Balaban J connectivity index is 2.34. The normalized spacial score (nSPS) is 21.1. The van der Waals surface area contributed by atoms with Gasteiger partial charge in [0.05, 0.1) is 6.67 Å². The molecule has 0 aromatic rings. The molecule has 1 heterocycles.